The van der Waals surface area contributed by atoms with Crippen molar-refractivity contribution in [1.82, 2.24) is 19.2 Å². The minimum atomic E-state index is -3.59. The lowest BCUT2D eigenvalue weighted by Gasteiger charge is -2.36. The highest BCUT2D eigenvalue weighted by atomic mass is 32.2. The van der Waals surface area contributed by atoms with Crippen molar-refractivity contribution in [3.8, 4) is 11.1 Å². The Kier molecular flexibility index (Phi) is 8.67. The third-order valence-corrected chi connectivity index (χ3v) is 11.2. The molecule has 2 aliphatic heterocycles. The minimum Gasteiger partial charge on any atom is -0.354 e. The Morgan fingerprint density at radius 2 is 1.88 bits per heavy atom. The number of aromatic nitrogens is 2. The van der Waals surface area contributed by atoms with E-state index in [4.69, 9.17) is 4.98 Å². The summed E-state index contributed by atoms with van der Waals surface area (Å²) in [5, 5.41) is 5.05. The molecule has 2 fully saturated rings. The topological polar surface area (TPSA) is 69.6 Å². The molecular weight excluding hydrogens is 551 g/mol. The summed E-state index contributed by atoms with van der Waals surface area (Å²) in [6.45, 7) is 7.51. The number of hydrogen-bond acceptors (Lipinski definition) is 7. The summed E-state index contributed by atoms with van der Waals surface area (Å²) < 4.78 is 29.3. The fraction of sp³-hybridized carbons (Fsp3) is 0.438. The molecule has 1 unspecified atom stereocenters. The van der Waals surface area contributed by atoms with Crippen LogP contribution in [-0.2, 0) is 16.4 Å². The van der Waals surface area contributed by atoms with Crippen molar-refractivity contribution in [3.63, 3.8) is 0 Å². The molecule has 1 aromatic carbocycles. The fourth-order valence-corrected chi connectivity index (χ4v) is 8.78. The maximum absolute atomic E-state index is 13.8. The zero-order valence-electron chi connectivity index (χ0n) is 23.8. The molecule has 6 rings (SSSR count). The van der Waals surface area contributed by atoms with E-state index in [2.05, 4.69) is 50.7 Å². The lowest BCUT2D eigenvalue weighted by Crippen LogP contribution is -2.48. The van der Waals surface area contributed by atoms with Gasteiger partial charge in [-0.25, -0.2) is 13.4 Å². The molecule has 0 bridgehead atoms. The third-order valence-electron chi connectivity index (χ3n) is 8.50. The first-order chi connectivity index (χ1) is 20.0. The van der Waals surface area contributed by atoms with E-state index in [1.54, 1.807) is 34.0 Å². The number of anilines is 1. The quantitative estimate of drug-likeness (QED) is 0.224. The van der Waals surface area contributed by atoms with Gasteiger partial charge in [-0.2, -0.15) is 15.6 Å². The van der Waals surface area contributed by atoms with Gasteiger partial charge in [0.2, 0.25) is 10.0 Å². The molecule has 4 aromatic rings. The number of unbranched alkanes of at least 4 members (excludes halogenated alkanes) is 1. The predicted molar refractivity (Wildman–Crippen MR) is 168 cm³/mol. The van der Waals surface area contributed by atoms with Crippen LogP contribution in [0.15, 0.2) is 70.4 Å². The number of pyridine rings is 2. The first-order valence-electron chi connectivity index (χ1n) is 14.9. The van der Waals surface area contributed by atoms with E-state index in [-0.39, 0.29) is 6.04 Å². The number of nitrogens with zero attached hydrogens (tertiary/aromatic N) is 5. The number of sulfonamides is 1. The normalized spacial score (nSPS) is 18.9. The molecule has 5 heterocycles. The maximum atomic E-state index is 13.8. The van der Waals surface area contributed by atoms with Crippen molar-refractivity contribution in [1.29, 1.82) is 0 Å². The van der Waals surface area contributed by atoms with Gasteiger partial charge in [0.05, 0.1) is 10.4 Å². The monoisotopic (exact) mass is 589 g/mol. The number of benzene rings is 1. The van der Waals surface area contributed by atoms with Gasteiger partial charge >= 0.3 is 0 Å². The van der Waals surface area contributed by atoms with Gasteiger partial charge in [0.25, 0.3) is 0 Å². The van der Waals surface area contributed by atoms with Crippen LogP contribution in [0.25, 0.3) is 22.0 Å². The Bertz CT molecular complexity index is 1560. The van der Waals surface area contributed by atoms with E-state index in [0.717, 1.165) is 82.6 Å². The van der Waals surface area contributed by atoms with Crippen LogP contribution in [0, 0.1) is 0 Å². The number of hydrogen-bond donors (Lipinski definition) is 0. The highest BCUT2D eigenvalue weighted by Gasteiger charge is 2.36. The number of rotatable bonds is 10. The number of fused-ring (bicyclic) bond motifs is 1. The molecule has 0 N–H and O–H groups in total. The Morgan fingerprint density at radius 1 is 1.00 bits per heavy atom. The molecule has 0 radical (unpaired) electrons. The summed E-state index contributed by atoms with van der Waals surface area (Å²) in [6, 6.07) is 15.8. The van der Waals surface area contributed by atoms with Crippen molar-refractivity contribution in [2.45, 2.75) is 56.4 Å². The molecule has 7 nitrogen and oxygen atoms in total. The van der Waals surface area contributed by atoms with E-state index in [0.29, 0.717) is 16.8 Å². The molecule has 9 heteroatoms. The molecular formula is C32H39N5O2S2. The van der Waals surface area contributed by atoms with Crippen LogP contribution in [0.4, 0.5) is 5.82 Å². The SMILES string of the molecule is CCCCc1cc(-c2ccsc2)cc(N2CCN(CCC3CCCN3S(=O)(=O)c3cccc4ncccc34)CC2)n1. The zero-order valence-corrected chi connectivity index (χ0v) is 25.4. The van der Waals surface area contributed by atoms with Crippen LogP contribution < -0.4 is 4.90 Å². The van der Waals surface area contributed by atoms with Gasteiger partial charge in [0.15, 0.2) is 0 Å². The van der Waals surface area contributed by atoms with Crippen LogP contribution in [0.2, 0.25) is 0 Å². The van der Waals surface area contributed by atoms with Gasteiger partial charge in [-0.3, -0.25) is 9.88 Å². The van der Waals surface area contributed by atoms with Crippen molar-refractivity contribution in [3.05, 3.63) is 71.2 Å². The molecule has 1 atom stereocenters. The van der Waals surface area contributed by atoms with Gasteiger partial charge in [-0.1, -0.05) is 19.4 Å². The second-order valence-corrected chi connectivity index (χ2v) is 13.8. The van der Waals surface area contributed by atoms with E-state index < -0.39 is 10.0 Å². The van der Waals surface area contributed by atoms with Crippen molar-refractivity contribution in [2.75, 3.05) is 44.2 Å². The smallest absolute Gasteiger partial charge is 0.243 e. The fourth-order valence-electron chi connectivity index (χ4n) is 6.19. The van der Waals surface area contributed by atoms with Crippen molar-refractivity contribution >= 4 is 38.1 Å². The lowest BCUT2D eigenvalue weighted by molar-refractivity contribution is 0.231. The van der Waals surface area contributed by atoms with E-state index in [1.165, 1.54) is 16.8 Å². The van der Waals surface area contributed by atoms with Gasteiger partial charge < -0.3 is 4.90 Å². The second-order valence-electron chi connectivity index (χ2n) is 11.2. The summed E-state index contributed by atoms with van der Waals surface area (Å²) in [7, 11) is -3.59. The average molecular weight is 590 g/mol. The molecule has 0 saturated carbocycles. The lowest BCUT2D eigenvalue weighted by atomic mass is 10.1. The second kappa shape index (κ2) is 12.6. The first kappa shape index (κ1) is 28.3. The summed E-state index contributed by atoms with van der Waals surface area (Å²) in [6.07, 6.45) is 7.72. The highest BCUT2D eigenvalue weighted by molar-refractivity contribution is 7.89. The van der Waals surface area contributed by atoms with Crippen LogP contribution in [0.3, 0.4) is 0 Å². The number of aryl methyl sites for hydroxylation is 1. The summed E-state index contributed by atoms with van der Waals surface area (Å²) in [5.41, 5.74) is 4.42. The van der Waals surface area contributed by atoms with E-state index in [1.807, 2.05) is 18.2 Å². The Hall–Kier alpha value is -2.85. The Labute approximate surface area is 247 Å². The third kappa shape index (κ3) is 6.18. The molecule has 0 aliphatic carbocycles. The van der Waals surface area contributed by atoms with Crippen molar-refractivity contribution in [2.24, 2.45) is 0 Å². The van der Waals surface area contributed by atoms with Crippen LogP contribution >= 0.6 is 11.3 Å². The minimum absolute atomic E-state index is 0.0371. The number of piperazine rings is 1. The first-order valence-corrected chi connectivity index (χ1v) is 17.3. The predicted octanol–water partition coefficient (Wildman–Crippen LogP) is 6.07. The Balaban J connectivity index is 1.09. The molecule has 41 heavy (non-hydrogen) atoms. The van der Waals surface area contributed by atoms with Crippen molar-refractivity contribution < 1.29 is 8.42 Å². The van der Waals surface area contributed by atoms with Gasteiger partial charge in [-0.05, 0) is 103 Å². The molecule has 2 saturated heterocycles. The largest absolute Gasteiger partial charge is 0.354 e. The molecule has 3 aromatic heterocycles. The summed E-state index contributed by atoms with van der Waals surface area (Å²) in [4.78, 5) is 14.7. The van der Waals surface area contributed by atoms with Crippen LogP contribution in [0.5, 0.6) is 0 Å². The van der Waals surface area contributed by atoms with Gasteiger partial charge in [-0.15, -0.1) is 0 Å². The molecule has 0 amide bonds. The zero-order chi connectivity index (χ0) is 28.2. The highest BCUT2D eigenvalue weighted by Crippen LogP contribution is 2.32. The van der Waals surface area contributed by atoms with E-state index in [9.17, 15) is 8.42 Å². The van der Waals surface area contributed by atoms with E-state index >= 15 is 0 Å². The van der Waals surface area contributed by atoms with Crippen LogP contribution in [-0.4, -0.2) is 72.9 Å². The summed E-state index contributed by atoms with van der Waals surface area (Å²) in [5.74, 6) is 1.08. The average Bonchev–Trinajstić information content (AvgIpc) is 3.72. The Morgan fingerprint density at radius 3 is 2.68 bits per heavy atom. The molecule has 2 aliphatic rings. The maximum Gasteiger partial charge on any atom is 0.243 e. The molecule has 216 valence electrons. The van der Waals surface area contributed by atoms with Crippen LogP contribution in [0.1, 0.15) is 44.7 Å². The van der Waals surface area contributed by atoms with Gasteiger partial charge in [0.1, 0.15) is 5.82 Å². The summed E-state index contributed by atoms with van der Waals surface area (Å²) >= 11 is 1.73. The molecule has 0 spiro atoms. The van der Waals surface area contributed by atoms with Gasteiger partial charge in [0, 0.05) is 56.0 Å². The number of thiophene rings is 1. The standard InChI is InChI=1S/C32H39N5O2S2/c1-2-3-7-27-22-26(25-13-21-40-24-25)23-32(34-27)36-19-17-35(18-20-36)16-12-28-8-6-15-37(28)41(38,39)31-11-4-10-30-29(31)9-5-14-33-30/h4-5,9-11,13-14,21-24,28H,2-3,6-8,12,15-20H2,1H3.